The number of fused-ring (bicyclic) bond motifs is 1. The first kappa shape index (κ1) is 9.89. The molecule has 0 amide bonds. The average Bonchev–Trinajstić information content (AvgIpc) is 2.84. The van der Waals surface area contributed by atoms with Gasteiger partial charge in [0.05, 0.1) is 0 Å². The summed E-state index contributed by atoms with van der Waals surface area (Å²) in [6, 6.07) is 6.35. The summed E-state index contributed by atoms with van der Waals surface area (Å²) in [5.74, 6) is 0.630. The smallest absolute Gasteiger partial charge is 0.302 e. The lowest BCUT2D eigenvalue weighted by Gasteiger charge is -1.94. The van der Waals surface area contributed by atoms with E-state index in [9.17, 15) is 0 Å². The SMILES string of the molecule is Cc1ccc2nc(Nc3ncc(C)[nH]3)oc2c1. The highest BCUT2D eigenvalue weighted by Gasteiger charge is 2.07. The molecule has 0 aliphatic rings. The van der Waals surface area contributed by atoms with Crippen LogP contribution in [0.3, 0.4) is 0 Å². The number of nitrogens with one attached hydrogen (secondary N) is 2. The number of imidazole rings is 1. The number of aromatic amines is 1. The van der Waals surface area contributed by atoms with Crippen LogP contribution in [0.5, 0.6) is 0 Å². The van der Waals surface area contributed by atoms with Gasteiger partial charge in [-0.3, -0.25) is 5.32 Å². The first-order chi connectivity index (χ1) is 8.20. The van der Waals surface area contributed by atoms with Gasteiger partial charge in [-0.05, 0) is 31.5 Å². The highest BCUT2D eigenvalue weighted by atomic mass is 16.4. The van der Waals surface area contributed by atoms with Crippen molar-refractivity contribution < 1.29 is 4.42 Å². The van der Waals surface area contributed by atoms with E-state index in [1.807, 2.05) is 32.0 Å². The monoisotopic (exact) mass is 228 g/mol. The second-order valence-corrected chi connectivity index (χ2v) is 4.03. The number of H-pyrrole nitrogens is 1. The van der Waals surface area contributed by atoms with Gasteiger partial charge in [-0.25, -0.2) is 4.98 Å². The van der Waals surface area contributed by atoms with Crippen molar-refractivity contribution in [1.29, 1.82) is 0 Å². The molecule has 5 nitrogen and oxygen atoms in total. The Morgan fingerprint density at radius 1 is 1.29 bits per heavy atom. The van der Waals surface area contributed by atoms with E-state index in [4.69, 9.17) is 4.42 Å². The molecule has 1 aromatic carbocycles. The zero-order valence-corrected chi connectivity index (χ0v) is 9.61. The quantitative estimate of drug-likeness (QED) is 0.707. The molecule has 3 aromatic rings. The van der Waals surface area contributed by atoms with Crippen molar-refractivity contribution in [2.75, 3.05) is 5.32 Å². The number of aryl methyl sites for hydroxylation is 2. The van der Waals surface area contributed by atoms with Crippen LogP contribution in [-0.2, 0) is 0 Å². The Hall–Kier alpha value is -2.30. The van der Waals surface area contributed by atoms with E-state index in [2.05, 4.69) is 20.3 Å². The molecule has 17 heavy (non-hydrogen) atoms. The maximum absolute atomic E-state index is 5.58. The summed E-state index contributed by atoms with van der Waals surface area (Å²) in [5.41, 5.74) is 3.74. The minimum absolute atomic E-state index is 0.444. The fourth-order valence-corrected chi connectivity index (χ4v) is 1.66. The van der Waals surface area contributed by atoms with E-state index in [0.717, 1.165) is 22.4 Å². The molecular weight excluding hydrogens is 216 g/mol. The van der Waals surface area contributed by atoms with Crippen molar-refractivity contribution in [3.05, 3.63) is 35.7 Å². The Balaban J connectivity index is 1.95. The molecule has 5 heteroatoms. The summed E-state index contributed by atoms with van der Waals surface area (Å²) in [7, 11) is 0. The predicted octanol–water partition coefficient (Wildman–Crippen LogP) is 2.91. The number of benzene rings is 1. The Kier molecular flexibility index (Phi) is 2.11. The number of rotatable bonds is 2. The number of nitrogens with zero attached hydrogens (tertiary/aromatic N) is 2. The van der Waals surface area contributed by atoms with Crippen LogP contribution in [0.25, 0.3) is 11.1 Å². The molecule has 0 aliphatic carbocycles. The van der Waals surface area contributed by atoms with Gasteiger partial charge in [0, 0.05) is 11.9 Å². The first-order valence-electron chi connectivity index (χ1n) is 5.36. The predicted molar refractivity (Wildman–Crippen MR) is 65.4 cm³/mol. The minimum Gasteiger partial charge on any atom is -0.423 e. The molecule has 2 heterocycles. The molecule has 0 radical (unpaired) electrons. The van der Waals surface area contributed by atoms with Crippen molar-refractivity contribution in [3.8, 4) is 0 Å². The molecule has 0 spiro atoms. The number of aromatic nitrogens is 3. The van der Waals surface area contributed by atoms with Gasteiger partial charge < -0.3 is 9.40 Å². The van der Waals surface area contributed by atoms with Crippen LogP contribution in [-0.4, -0.2) is 15.0 Å². The fraction of sp³-hybridized carbons (Fsp3) is 0.167. The third-order valence-corrected chi connectivity index (χ3v) is 2.47. The summed E-state index contributed by atoms with van der Waals surface area (Å²) in [4.78, 5) is 11.5. The van der Waals surface area contributed by atoms with Gasteiger partial charge in [0.2, 0.25) is 5.95 Å². The van der Waals surface area contributed by atoms with Crippen molar-refractivity contribution in [1.82, 2.24) is 15.0 Å². The number of hydrogen-bond acceptors (Lipinski definition) is 4. The lowest BCUT2D eigenvalue weighted by molar-refractivity contribution is 0.621. The highest BCUT2D eigenvalue weighted by molar-refractivity contribution is 5.75. The Morgan fingerprint density at radius 2 is 2.18 bits per heavy atom. The van der Waals surface area contributed by atoms with Crippen molar-refractivity contribution in [2.45, 2.75) is 13.8 Å². The summed E-state index contributed by atoms with van der Waals surface area (Å²) in [6.45, 7) is 3.96. The van der Waals surface area contributed by atoms with Crippen LogP contribution in [0, 0.1) is 13.8 Å². The Labute approximate surface area is 97.9 Å². The highest BCUT2D eigenvalue weighted by Crippen LogP contribution is 2.21. The Bertz CT molecular complexity index is 668. The van der Waals surface area contributed by atoms with E-state index in [1.165, 1.54) is 0 Å². The van der Waals surface area contributed by atoms with Gasteiger partial charge >= 0.3 is 6.01 Å². The molecule has 0 atom stereocenters. The molecule has 0 unspecified atom stereocenters. The van der Waals surface area contributed by atoms with E-state index >= 15 is 0 Å². The maximum atomic E-state index is 5.58. The molecule has 86 valence electrons. The van der Waals surface area contributed by atoms with E-state index in [1.54, 1.807) is 6.20 Å². The van der Waals surface area contributed by atoms with E-state index in [0.29, 0.717) is 12.0 Å². The van der Waals surface area contributed by atoms with Crippen LogP contribution >= 0.6 is 0 Å². The topological polar surface area (TPSA) is 66.7 Å². The molecule has 3 rings (SSSR count). The van der Waals surface area contributed by atoms with Crippen LogP contribution in [0.2, 0.25) is 0 Å². The molecule has 0 saturated heterocycles. The summed E-state index contributed by atoms with van der Waals surface area (Å²) in [5, 5.41) is 2.99. The van der Waals surface area contributed by atoms with Crippen LogP contribution in [0.4, 0.5) is 12.0 Å². The van der Waals surface area contributed by atoms with Gasteiger partial charge in [-0.2, -0.15) is 4.98 Å². The van der Waals surface area contributed by atoms with Crippen molar-refractivity contribution in [3.63, 3.8) is 0 Å². The van der Waals surface area contributed by atoms with Crippen LogP contribution in [0.1, 0.15) is 11.3 Å². The second kappa shape index (κ2) is 3.62. The molecule has 0 aliphatic heterocycles. The third-order valence-electron chi connectivity index (χ3n) is 2.47. The van der Waals surface area contributed by atoms with Gasteiger partial charge in [0.15, 0.2) is 5.58 Å². The first-order valence-corrected chi connectivity index (χ1v) is 5.36. The van der Waals surface area contributed by atoms with E-state index < -0.39 is 0 Å². The Morgan fingerprint density at radius 3 is 2.94 bits per heavy atom. The van der Waals surface area contributed by atoms with Gasteiger partial charge in [-0.1, -0.05) is 6.07 Å². The van der Waals surface area contributed by atoms with Gasteiger partial charge in [0.25, 0.3) is 0 Å². The molecular formula is C12H12N4O. The van der Waals surface area contributed by atoms with Crippen molar-refractivity contribution >= 4 is 23.1 Å². The number of anilines is 2. The van der Waals surface area contributed by atoms with Crippen molar-refractivity contribution in [2.24, 2.45) is 0 Å². The maximum Gasteiger partial charge on any atom is 0.302 e. The molecule has 0 fully saturated rings. The number of oxazole rings is 1. The summed E-state index contributed by atoms with van der Waals surface area (Å²) >= 11 is 0. The third kappa shape index (κ3) is 1.87. The molecule has 0 bridgehead atoms. The molecule has 0 saturated carbocycles. The standard InChI is InChI=1S/C12H12N4O/c1-7-3-4-9-10(5-7)17-12(15-9)16-11-13-6-8(2)14-11/h3-6H,1-2H3,(H2,13,14,15,16). The molecule has 2 aromatic heterocycles. The summed E-state index contributed by atoms with van der Waals surface area (Å²) in [6.07, 6.45) is 1.75. The van der Waals surface area contributed by atoms with Crippen LogP contribution < -0.4 is 5.32 Å². The fourth-order valence-electron chi connectivity index (χ4n) is 1.66. The second-order valence-electron chi connectivity index (χ2n) is 4.03. The minimum atomic E-state index is 0.444. The number of hydrogen-bond donors (Lipinski definition) is 2. The van der Waals surface area contributed by atoms with Gasteiger partial charge in [0.1, 0.15) is 5.52 Å². The molecule has 2 N–H and O–H groups in total. The zero-order chi connectivity index (χ0) is 11.8. The lowest BCUT2D eigenvalue weighted by Crippen LogP contribution is -1.91. The summed E-state index contributed by atoms with van der Waals surface area (Å²) < 4.78 is 5.58. The average molecular weight is 228 g/mol. The zero-order valence-electron chi connectivity index (χ0n) is 9.61. The van der Waals surface area contributed by atoms with E-state index in [-0.39, 0.29) is 0 Å². The van der Waals surface area contributed by atoms with Gasteiger partial charge in [-0.15, -0.1) is 0 Å². The van der Waals surface area contributed by atoms with Crippen LogP contribution in [0.15, 0.2) is 28.8 Å². The largest absolute Gasteiger partial charge is 0.423 e. The normalized spacial score (nSPS) is 10.9. The lowest BCUT2D eigenvalue weighted by atomic mass is 10.2.